The fourth-order valence-electron chi connectivity index (χ4n) is 2.03. The van der Waals surface area contributed by atoms with Crippen molar-refractivity contribution in [1.29, 1.82) is 0 Å². The minimum atomic E-state index is 0.532. The Hall–Kier alpha value is -0.390. The number of rotatable bonds is 1. The van der Waals surface area contributed by atoms with Crippen LogP contribution in [0.25, 0.3) is 0 Å². The van der Waals surface area contributed by atoms with E-state index in [0.29, 0.717) is 11.7 Å². The summed E-state index contributed by atoms with van der Waals surface area (Å²) in [7, 11) is 0. The molecule has 1 aromatic rings. The third-order valence-corrected chi connectivity index (χ3v) is 3.68. The normalized spacial score (nSPS) is 26.7. The van der Waals surface area contributed by atoms with E-state index in [-0.39, 0.29) is 0 Å². The highest BCUT2D eigenvalue weighted by atomic mass is 127. The first-order chi connectivity index (χ1) is 6.66. The van der Waals surface area contributed by atoms with Gasteiger partial charge < -0.3 is 5.73 Å². The van der Waals surface area contributed by atoms with Crippen LogP contribution in [-0.4, -0.2) is 9.97 Å². The Bertz CT molecular complexity index is 340. The van der Waals surface area contributed by atoms with Crippen molar-refractivity contribution >= 4 is 28.4 Å². The largest absolute Gasteiger partial charge is 0.383 e. The standard InChI is InChI=1S/C10H14IN3/c1-6-2-3-7(4-6)10-13-5-8(11)9(12)14-10/h5-7H,2-4H2,1H3,(H2,12,13,14). The summed E-state index contributed by atoms with van der Waals surface area (Å²) in [5.41, 5.74) is 5.76. The van der Waals surface area contributed by atoms with E-state index in [1.165, 1.54) is 19.3 Å². The van der Waals surface area contributed by atoms with Gasteiger partial charge in [-0.1, -0.05) is 6.92 Å². The highest BCUT2D eigenvalue weighted by Gasteiger charge is 2.25. The van der Waals surface area contributed by atoms with Crippen molar-refractivity contribution in [2.45, 2.75) is 32.1 Å². The van der Waals surface area contributed by atoms with E-state index < -0.39 is 0 Å². The van der Waals surface area contributed by atoms with Crippen LogP contribution in [0.5, 0.6) is 0 Å². The van der Waals surface area contributed by atoms with E-state index in [2.05, 4.69) is 39.5 Å². The van der Waals surface area contributed by atoms with E-state index in [4.69, 9.17) is 5.73 Å². The lowest BCUT2D eigenvalue weighted by atomic mass is 10.1. The number of nitrogens with two attached hydrogens (primary N) is 1. The van der Waals surface area contributed by atoms with Gasteiger partial charge in [0, 0.05) is 12.1 Å². The van der Waals surface area contributed by atoms with Gasteiger partial charge in [0.2, 0.25) is 0 Å². The Morgan fingerprint density at radius 3 is 2.86 bits per heavy atom. The van der Waals surface area contributed by atoms with E-state index in [9.17, 15) is 0 Å². The highest BCUT2D eigenvalue weighted by Crippen LogP contribution is 2.36. The van der Waals surface area contributed by atoms with Gasteiger partial charge >= 0.3 is 0 Å². The second-order valence-electron chi connectivity index (χ2n) is 4.08. The zero-order valence-corrected chi connectivity index (χ0v) is 10.4. The maximum Gasteiger partial charge on any atom is 0.140 e. The molecule has 0 aromatic carbocycles. The number of halogens is 1. The summed E-state index contributed by atoms with van der Waals surface area (Å²) in [6.07, 6.45) is 5.53. The van der Waals surface area contributed by atoms with Gasteiger partial charge in [0.15, 0.2) is 0 Å². The number of aromatic nitrogens is 2. The Balaban J connectivity index is 2.20. The molecule has 1 saturated carbocycles. The van der Waals surface area contributed by atoms with Crippen molar-refractivity contribution < 1.29 is 0 Å². The molecule has 3 nitrogen and oxygen atoms in total. The van der Waals surface area contributed by atoms with Gasteiger partial charge in [0.1, 0.15) is 11.6 Å². The van der Waals surface area contributed by atoms with Gasteiger partial charge in [0.25, 0.3) is 0 Å². The smallest absolute Gasteiger partial charge is 0.140 e. The van der Waals surface area contributed by atoms with Gasteiger partial charge in [0.05, 0.1) is 3.57 Å². The molecule has 0 amide bonds. The summed E-state index contributed by atoms with van der Waals surface area (Å²) in [5.74, 6) is 2.90. The number of anilines is 1. The minimum Gasteiger partial charge on any atom is -0.383 e. The van der Waals surface area contributed by atoms with Crippen molar-refractivity contribution in [3.63, 3.8) is 0 Å². The maximum atomic E-state index is 5.76. The molecule has 4 heteroatoms. The molecule has 0 aliphatic heterocycles. The third-order valence-electron chi connectivity index (χ3n) is 2.85. The van der Waals surface area contributed by atoms with Crippen molar-refractivity contribution in [2.75, 3.05) is 5.73 Å². The predicted octanol–water partition coefficient (Wildman–Crippen LogP) is 2.57. The average molecular weight is 303 g/mol. The van der Waals surface area contributed by atoms with Gasteiger partial charge in [-0.25, -0.2) is 9.97 Å². The molecule has 1 fully saturated rings. The molecule has 2 atom stereocenters. The first-order valence-corrected chi connectivity index (χ1v) is 6.02. The molecule has 1 aliphatic rings. The molecule has 1 aliphatic carbocycles. The zero-order chi connectivity index (χ0) is 10.1. The van der Waals surface area contributed by atoms with Gasteiger partial charge in [-0.05, 0) is 47.8 Å². The van der Waals surface area contributed by atoms with Gasteiger partial charge in [-0.2, -0.15) is 0 Å². The summed E-state index contributed by atoms with van der Waals surface area (Å²) < 4.78 is 0.942. The van der Waals surface area contributed by atoms with Crippen LogP contribution in [0.3, 0.4) is 0 Å². The first kappa shape index (κ1) is 10.1. The molecule has 0 radical (unpaired) electrons. The lowest BCUT2D eigenvalue weighted by Crippen LogP contribution is -2.05. The zero-order valence-electron chi connectivity index (χ0n) is 8.20. The van der Waals surface area contributed by atoms with E-state index in [1.54, 1.807) is 0 Å². The average Bonchev–Trinajstić information content (AvgIpc) is 2.57. The van der Waals surface area contributed by atoms with E-state index in [0.717, 1.165) is 15.3 Å². The maximum absolute atomic E-state index is 5.76. The van der Waals surface area contributed by atoms with E-state index >= 15 is 0 Å². The number of hydrogen-bond donors (Lipinski definition) is 1. The summed E-state index contributed by atoms with van der Waals surface area (Å²) >= 11 is 2.16. The fraction of sp³-hybridized carbons (Fsp3) is 0.600. The Labute approximate surface area is 97.7 Å². The number of nitrogens with zero attached hydrogens (tertiary/aromatic N) is 2. The highest BCUT2D eigenvalue weighted by molar-refractivity contribution is 14.1. The van der Waals surface area contributed by atoms with Crippen LogP contribution in [-0.2, 0) is 0 Å². The Morgan fingerprint density at radius 2 is 2.29 bits per heavy atom. The summed E-state index contributed by atoms with van der Waals surface area (Å²) in [4.78, 5) is 8.71. The lowest BCUT2D eigenvalue weighted by molar-refractivity contribution is 0.585. The molecular formula is C10H14IN3. The summed E-state index contributed by atoms with van der Waals surface area (Å²) in [6, 6.07) is 0. The number of hydrogen-bond acceptors (Lipinski definition) is 3. The topological polar surface area (TPSA) is 51.8 Å². The van der Waals surface area contributed by atoms with Gasteiger partial charge in [-0.15, -0.1) is 0 Å². The monoisotopic (exact) mass is 303 g/mol. The van der Waals surface area contributed by atoms with Crippen molar-refractivity contribution in [2.24, 2.45) is 5.92 Å². The molecule has 76 valence electrons. The molecule has 2 rings (SSSR count). The first-order valence-electron chi connectivity index (χ1n) is 4.94. The Kier molecular flexibility index (Phi) is 2.90. The molecule has 2 unspecified atom stereocenters. The SMILES string of the molecule is CC1CCC(c2ncc(I)c(N)n2)C1. The van der Waals surface area contributed by atoms with Crippen LogP contribution < -0.4 is 5.73 Å². The molecular weight excluding hydrogens is 289 g/mol. The number of nitrogen functional groups attached to an aromatic ring is 1. The Morgan fingerprint density at radius 1 is 1.50 bits per heavy atom. The molecule has 1 heterocycles. The second kappa shape index (κ2) is 4.00. The van der Waals surface area contributed by atoms with Crippen molar-refractivity contribution in [3.8, 4) is 0 Å². The van der Waals surface area contributed by atoms with Crippen LogP contribution in [0.15, 0.2) is 6.20 Å². The van der Waals surface area contributed by atoms with Crippen molar-refractivity contribution in [3.05, 3.63) is 15.6 Å². The van der Waals surface area contributed by atoms with Crippen LogP contribution in [0.4, 0.5) is 5.82 Å². The van der Waals surface area contributed by atoms with E-state index in [1.807, 2.05) is 6.20 Å². The second-order valence-corrected chi connectivity index (χ2v) is 5.24. The van der Waals surface area contributed by atoms with Crippen LogP contribution in [0.1, 0.15) is 37.9 Å². The molecule has 1 aromatic heterocycles. The lowest BCUT2D eigenvalue weighted by Gasteiger charge is -2.08. The van der Waals surface area contributed by atoms with Crippen molar-refractivity contribution in [1.82, 2.24) is 9.97 Å². The third kappa shape index (κ3) is 1.99. The molecule has 0 bridgehead atoms. The van der Waals surface area contributed by atoms with Crippen LogP contribution in [0, 0.1) is 9.49 Å². The molecule has 2 N–H and O–H groups in total. The van der Waals surface area contributed by atoms with Gasteiger partial charge in [-0.3, -0.25) is 0 Å². The summed E-state index contributed by atoms with van der Waals surface area (Å²) in [5, 5.41) is 0. The fourth-order valence-corrected chi connectivity index (χ4v) is 2.29. The molecule has 0 spiro atoms. The van der Waals surface area contributed by atoms with Crippen LogP contribution >= 0.6 is 22.6 Å². The molecule has 0 saturated heterocycles. The minimum absolute atomic E-state index is 0.532. The molecule has 14 heavy (non-hydrogen) atoms. The predicted molar refractivity (Wildman–Crippen MR) is 64.9 cm³/mol. The summed E-state index contributed by atoms with van der Waals surface area (Å²) in [6.45, 7) is 2.29. The quantitative estimate of drug-likeness (QED) is 0.811. The van der Waals surface area contributed by atoms with Crippen LogP contribution in [0.2, 0.25) is 0 Å².